The number of rotatable bonds is 6. The van der Waals surface area contributed by atoms with E-state index in [0.29, 0.717) is 18.3 Å². The Labute approximate surface area is 123 Å². The third kappa shape index (κ3) is 3.87. The molecule has 0 spiro atoms. The molecule has 0 aromatic heterocycles. The highest BCUT2D eigenvalue weighted by molar-refractivity contribution is 5.94. The van der Waals surface area contributed by atoms with Crippen LogP contribution in [-0.2, 0) is 0 Å². The molecule has 1 aromatic rings. The van der Waals surface area contributed by atoms with Crippen molar-refractivity contribution in [1.29, 1.82) is 0 Å². The number of carbonyl (C=O) groups excluding carboxylic acids is 1. The fraction of sp³-hybridized carbons (Fsp3) is 0.467. The van der Waals surface area contributed by atoms with Crippen LogP contribution in [0.3, 0.4) is 0 Å². The van der Waals surface area contributed by atoms with Crippen LogP contribution in [0.4, 0.5) is 10.5 Å². The lowest BCUT2D eigenvalue weighted by Gasteiger charge is -2.22. The molecule has 0 aliphatic heterocycles. The summed E-state index contributed by atoms with van der Waals surface area (Å²) in [6, 6.07) is 4.12. The molecule has 1 aliphatic rings. The predicted octanol–water partition coefficient (Wildman–Crippen LogP) is 2.89. The molecule has 114 valence electrons. The zero-order valence-corrected chi connectivity index (χ0v) is 12.0. The molecule has 0 atom stereocenters. The summed E-state index contributed by atoms with van der Waals surface area (Å²) in [7, 11) is 0. The molecule has 1 aliphatic carbocycles. The van der Waals surface area contributed by atoms with Gasteiger partial charge in [0.1, 0.15) is 11.3 Å². The second-order valence-corrected chi connectivity index (χ2v) is 5.25. The molecule has 21 heavy (non-hydrogen) atoms. The molecular formula is C15H20N2O4. The molecule has 1 aromatic carbocycles. The first-order valence-corrected chi connectivity index (χ1v) is 7.17. The lowest BCUT2D eigenvalue weighted by atomic mass is 10.2. The highest BCUT2D eigenvalue weighted by Gasteiger charge is 2.32. The first kappa shape index (κ1) is 15.2. The van der Waals surface area contributed by atoms with Gasteiger partial charge in [0, 0.05) is 24.3 Å². The Kier molecular flexibility index (Phi) is 4.67. The zero-order chi connectivity index (χ0) is 15.4. The third-order valence-electron chi connectivity index (χ3n) is 3.48. The minimum absolute atomic E-state index is 0.182. The van der Waals surface area contributed by atoms with Crippen LogP contribution >= 0.6 is 0 Å². The van der Waals surface area contributed by atoms with E-state index in [9.17, 15) is 14.7 Å². The van der Waals surface area contributed by atoms with E-state index in [1.165, 1.54) is 18.2 Å². The Morgan fingerprint density at radius 1 is 1.38 bits per heavy atom. The zero-order valence-electron chi connectivity index (χ0n) is 12.0. The third-order valence-corrected chi connectivity index (χ3v) is 3.48. The maximum Gasteiger partial charge on any atom is 0.339 e. The van der Waals surface area contributed by atoms with Gasteiger partial charge in [0.25, 0.3) is 0 Å². The number of phenols is 1. The van der Waals surface area contributed by atoms with E-state index in [4.69, 9.17) is 5.11 Å². The van der Waals surface area contributed by atoms with Gasteiger partial charge in [-0.2, -0.15) is 0 Å². The average molecular weight is 292 g/mol. The van der Waals surface area contributed by atoms with E-state index in [2.05, 4.69) is 12.2 Å². The largest absolute Gasteiger partial charge is 0.507 e. The molecule has 0 heterocycles. The number of aromatic hydroxyl groups is 1. The average Bonchev–Trinajstić information content (AvgIpc) is 3.23. The molecule has 1 saturated carbocycles. The summed E-state index contributed by atoms with van der Waals surface area (Å²) < 4.78 is 0. The Morgan fingerprint density at radius 3 is 2.62 bits per heavy atom. The van der Waals surface area contributed by atoms with Crippen LogP contribution in [0.2, 0.25) is 0 Å². The van der Waals surface area contributed by atoms with Crippen molar-refractivity contribution in [2.24, 2.45) is 0 Å². The SMILES string of the molecule is CCCCN(C(=O)Nc1ccc(C(=O)O)c(O)c1)C1CC1. The summed E-state index contributed by atoms with van der Waals surface area (Å²) in [5.74, 6) is -1.56. The van der Waals surface area contributed by atoms with E-state index in [1.807, 2.05) is 4.90 Å². The van der Waals surface area contributed by atoms with Crippen LogP contribution < -0.4 is 5.32 Å². The van der Waals surface area contributed by atoms with Crippen molar-refractivity contribution in [3.8, 4) is 5.75 Å². The summed E-state index contributed by atoms with van der Waals surface area (Å²) in [4.78, 5) is 24.9. The van der Waals surface area contributed by atoms with E-state index >= 15 is 0 Å². The number of carbonyl (C=O) groups is 2. The summed E-state index contributed by atoms with van der Waals surface area (Å²) in [6.07, 6.45) is 4.03. The number of nitrogens with one attached hydrogen (secondary N) is 1. The molecule has 0 unspecified atom stereocenters. The van der Waals surface area contributed by atoms with Crippen molar-refractivity contribution in [3.63, 3.8) is 0 Å². The fourth-order valence-corrected chi connectivity index (χ4v) is 2.15. The summed E-state index contributed by atoms with van der Waals surface area (Å²) >= 11 is 0. The minimum Gasteiger partial charge on any atom is -0.507 e. The molecule has 3 N–H and O–H groups in total. The molecule has 2 amide bonds. The highest BCUT2D eigenvalue weighted by atomic mass is 16.4. The van der Waals surface area contributed by atoms with Crippen LogP contribution in [0.15, 0.2) is 18.2 Å². The monoisotopic (exact) mass is 292 g/mol. The fourth-order valence-electron chi connectivity index (χ4n) is 2.15. The predicted molar refractivity (Wildman–Crippen MR) is 78.7 cm³/mol. The number of amides is 2. The van der Waals surface area contributed by atoms with Crippen molar-refractivity contribution in [1.82, 2.24) is 4.90 Å². The molecule has 2 rings (SSSR count). The van der Waals surface area contributed by atoms with Crippen molar-refractivity contribution in [2.45, 2.75) is 38.6 Å². The molecule has 6 nitrogen and oxygen atoms in total. The van der Waals surface area contributed by atoms with E-state index in [-0.39, 0.29) is 17.3 Å². The lowest BCUT2D eigenvalue weighted by Crippen LogP contribution is -2.37. The van der Waals surface area contributed by atoms with Gasteiger partial charge < -0.3 is 20.4 Å². The summed E-state index contributed by atoms with van der Waals surface area (Å²) in [5.41, 5.74) is 0.211. The quantitative estimate of drug-likeness (QED) is 0.752. The van der Waals surface area contributed by atoms with Crippen LogP contribution in [0.1, 0.15) is 43.0 Å². The van der Waals surface area contributed by atoms with Gasteiger partial charge in [-0.3, -0.25) is 0 Å². The van der Waals surface area contributed by atoms with E-state index < -0.39 is 5.97 Å². The number of unbranched alkanes of at least 4 members (excludes halogenated alkanes) is 1. The van der Waals surface area contributed by atoms with Gasteiger partial charge in [-0.1, -0.05) is 13.3 Å². The smallest absolute Gasteiger partial charge is 0.339 e. The van der Waals surface area contributed by atoms with Crippen LogP contribution in [0, 0.1) is 0 Å². The summed E-state index contributed by atoms with van der Waals surface area (Å²) in [5, 5.41) is 21.2. The highest BCUT2D eigenvalue weighted by Crippen LogP contribution is 2.28. The first-order chi connectivity index (χ1) is 10.0. The van der Waals surface area contributed by atoms with E-state index in [0.717, 1.165) is 25.7 Å². The molecule has 1 fully saturated rings. The normalized spacial score (nSPS) is 13.8. The Morgan fingerprint density at radius 2 is 2.10 bits per heavy atom. The van der Waals surface area contributed by atoms with E-state index in [1.54, 1.807) is 0 Å². The van der Waals surface area contributed by atoms with Gasteiger partial charge in [0.2, 0.25) is 0 Å². The number of benzene rings is 1. The van der Waals surface area contributed by atoms with Gasteiger partial charge in [0.15, 0.2) is 0 Å². The molecule has 6 heteroatoms. The molecular weight excluding hydrogens is 272 g/mol. The van der Waals surface area contributed by atoms with Crippen molar-refractivity contribution in [3.05, 3.63) is 23.8 Å². The maximum absolute atomic E-state index is 12.2. The van der Waals surface area contributed by atoms with Crippen molar-refractivity contribution in [2.75, 3.05) is 11.9 Å². The molecule has 0 bridgehead atoms. The van der Waals surface area contributed by atoms with Crippen LogP contribution in [-0.4, -0.2) is 39.7 Å². The maximum atomic E-state index is 12.2. The number of urea groups is 1. The Balaban J connectivity index is 2.04. The Hall–Kier alpha value is -2.24. The number of hydrogen-bond acceptors (Lipinski definition) is 3. The van der Waals surface area contributed by atoms with Gasteiger partial charge in [-0.25, -0.2) is 9.59 Å². The summed E-state index contributed by atoms with van der Waals surface area (Å²) in [6.45, 7) is 2.79. The second-order valence-electron chi connectivity index (χ2n) is 5.25. The topological polar surface area (TPSA) is 89.9 Å². The second kappa shape index (κ2) is 6.47. The molecule has 0 radical (unpaired) electrons. The minimum atomic E-state index is -1.20. The molecule has 0 saturated heterocycles. The number of aromatic carboxylic acids is 1. The number of carboxylic acids is 1. The Bertz CT molecular complexity index is 540. The first-order valence-electron chi connectivity index (χ1n) is 7.17. The van der Waals surface area contributed by atoms with Gasteiger partial charge in [-0.05, 0) is 31.4 Å². The number of nitrogens with zero attached hydrogens (tertiary/aromatic N) is 1. The number of carboxylic acid groups (broad SMARTS) is 1. The lowest BCUT2D eigenvalue weighted by molar-refractivity contribution is 0.0694. The van der Waals surface area contributed by atoms with Crippen molar-refractivity contribution < 1.29 is 19.8 Å². The van der Waals surface area contributed by atoms with Crippen LogP contribution in [0.5, 0.6) is 5.75 Å². The standard InChI is InChI=1S/C15H20N2O4/c1-2-3-8-17(11-5-6-11)15(21)16-10-4-7-12(14(19)20)13(18)9-10/h4,7,9,11,18H,2-3,5-6,8H2,1H3,(H,16,21)(H,19,20). The van der Waals surface area contributed by atoms with Crippen LogP contribution in [0.25, 0.3) is 0 Å². The van der Waals surface area contributed by atoms with Gasteiger partial charge in [0.05, 0.1) is 0 Å². The van der Waals surface area contributed by atoms with Gasteiger partial charge in [-0.15, -0.1) is 0 Å². The number of anilines is 1. The van der Waals surface area contributed by atoms with Crippen molar-refractivity contribution >= 4 is 17.7 Å². The van der Waals surface area contributed by atoms with Gasteiger partial charge >= 0.3 is 12.0 Å². The number of hydrogen-bond donors (Lipinski definition) is 3.